The smallest absolute Gasteiger partial charge is 0.255 e. The first kappa shape index (κ1) is 20.3. The molecule has 0 spiro atoms. The third kappa shape index (κ3) is 3.75. The number of imidazole rings is 1. The number of rotatable bonds is 3. The molecule has 1 saturated carbocycles. The van der Waals surface area contributed by atoms with Gasteiger partial charge in [0.15, 0.2) is 0 Å². The van der Waals surface area contributed by atoms with E-state index in [0.29, 0.717) is 24.4 Å². The number of aromatic nitrogens is 2. The van der Waals surface area contributed by atoms with Gasteiger partial charge in [0.25, 0.3) is 5.91 Å². The summed E-state index contributed by atoms with van der Waals surface area (Å²) in [6, 6.07) is 5.16. The first-order valence-electron chi connectivity index (χ1n) is 10.1. The number of fused-ring (bicyclic) bond motifs is 1. The third-order valence-corrected chi connectivity index (χ3v) is 5.67. The van der Waals surface area contributed by atoms with Crippen molar-refractivity contribution in [3.05, 3.63) is 41.3 Å². The highest BCUT2D eigenvalue weighted by molar-refractivity contribution is 6.05. The third-order valence-electron chi connectivity index (χ3n) is 5.67. The van der Waals surface area contributed by atoms with Crippen molar-refractivity contribution in [1.82, 2.24) is 19.8 Å². The summed E-state index contributed by atoms with van der Waals surface area (Å²) in [7, 11) is 5.27. The molecule has 158 valence electrons. The van der Waals surface area contributed by atoms with E-state index in [1.54, 1.807) is 19.1 Å². The van der Waals surface area contributed by atoms with Crippen molar-refractivity contribution in [2.24, 2.45) is 7.05 Å². The van der Waals surface area contributed by atoms with E-state index in [1.807, 2.05) is 31.4 Å². The molecule has 1 saturated heterocycles. The minimum Gasteiger partial charge on any atom is -0.388 e. The van der Waals surface area contributed by atoms with Gasteiger partial charge in [-0.2, -0.15) is 0 Å². The van der Waals surface area contributed by atoms with Crippen molar-refractivity contribution in [3.8, 4) is 11.3 Å². The first-order chi connectivity index (χ1) is 14.4. The van der Waals surface area contributed by atoms with Crippen LogP contribution >= 0.6 is 0 Å². The Bertz CT molecular complexity index is 1010. The van der Waals surface area contributed by atoms with Crippen LogP contribution in [0.1, 0.15) is 53.3 Å². The van der Waals surface area contributed by atoms with Crippen LogP contribution in [0.25, 0.3) is 11.3 Å². The molecule has 0 bridgehead atoms. The standard InChI is InChI=1S/C20H20N4O3.C2H6O/c1-23-10-15(21-18(23)11-2-3-11)12-4-5-14-13(8-12)9-24(20(14)27)16-6-7-17(25)22-19(16)26;1-3-2/h4-5,8,10-11,16H,2-3,6-7,9H2,1H3,(H,22,25,26);1-2H3. The zero-order valence-electron chi connectivity index (χ0n) is 17.5. The molecule has 3 amide bonds. The van der Waals surface area contributed by atoms with Crippen LogP contribution < -0.4 is 5.32 Å². The second-order valence-corrected chi connectivity index (χ2v) is 8.05. The number of methoxy groups -OCH3 is 1. The summed E-state index contributed by atoms with van der Waals surface area (Å²) in [6.07, 6.45) is 5.07. The van der Waals surface area contributed by atoms with Crippen LogP contribution in [0.4, 0.5) is 0 Å². The molecule has 1 atom stereocenters. The second kappa shape index (κ2) is 8.02. The van der Waals surface area contributed by atoms with Crippen molar-refractivity contribution in [2.45, 2.75) is 44.2 Å². The van der Waals surface area contributed by atoms with Gasteiger partial charge < -0.3 is 14.2 Å². The number of carbonyl (C=O) groups is 3. The Morgan fingerprint density at radius 3 is 2.53 bits per heavy atom. The fourth-order valence-electron chi connectivity index (χ4n) is 4.07. The van der Waals surface area contributed by atoms with Gasteiger partial charge in [0, 0.05) is 57.5 Å². The van der Waals surface area contributed by atoms with Crippen LogP contribution in [0.15, 0.2) is 24.4 Å². The molecular formula is C22H26N4O4. The van der Waals surface area contributed by atoms with E-state index in [0.717, 1.165) is 22.6 Å². The Morgan fingerprint density at radius 1 is 1.13 bits per heavy atom. The fourth-order valence-corrected chi connectivity index (χ4v) is 4.07. The number of hydrogen-bond donors (Lipinski definition) is 1. The highest BCUT2D eigenvalue weighted by Crippen LogP contribution is 2.40. The van der Waals surface area contributed by atoms with Gasteiger partial charge in [-0.05, 0) is 37.0 Å². The molecule has 1 N–H and O–H groups in total. The van der Waals surface area contributed by atoms with Crippen LogP contribution in [-0.2, 0) is 27.9 Å². The maximum absolute atomic E-state index is 12.8. The lowest BCUT2D eigenvalue weighted by atomic mass is 10.0. The lowest BCUT2D eigenvalue weighted by Crippen LogP contribution is -2.52. The average Bonchev–Trinajstić information content (AvgIpc) is 3.40. The number of hydrogen-bond acceptors (Lipinski definition) is 5. The van der Waals surface area contributed by atoms with E-state index in [4.69, 9.17) is 4.98 Å². The predicted octanol–water partition coefficient (Wildman–Crippen LogP) is 1.99. The largest absolute Gasteiger partial charge is 0.388 e. The zero-order chi connectivity index (χ0) is 21.4. The molecule has 1 aromatic carbocycles. The molecular weight excluding hydrogens is 384 g/mol. The van der Waals surface area contributed by atoms with E-state index < -0.39 is 6.04 Å². The molecule has 8 heteroatoms. The molecule has 3 heterocycles. The number of nitrogens with one attached hydrogen (secondary N) is 1. The highest BCUT2D eigenvalue weighted by atomic mass is 16.4. The normalized spacial score (nSPS) is 20.6. The van der Waals surface area contributed by atoms with Crippen molar-refractivity contribution in [3.63, 3.8) is 0 Å². The monoisotopic (exact) mass is 410 g/mol. The first-order valence-corrected chi connectivity index (χ1v) is 10.1. The zero-order valence-corrected chi connectivity index (χ0v) is 17.5. The van der Waals surface area contributed by atoms with Gasteiger partial charge in [0.1, 0.15) is 11.9 Å². The number of amides is 3. The number of nitrogens with zero attached hydrogens (tertiary/aromatic N) is 3. The number of aryl methyl sites for hydroxylation is 1. The van der Waals surface area contributed by atoms with E-state index in [-0.39, 0.29) is 24.1 Å². The summed E-state index contributed by atoms with van der Waals surface area (Å²) in [6.45, 7) is 0.386. The molecule has 1 aromatic heterocycles. The topological polar surface area (TPSA) is 93.5 Å². The summed E-state index contributed by atoms with van der Waals surface area (Å²) in [5, 5.41) is 2.33. The number of carbonyl (C=O) groups excluding carboxylic acids is 3. The van der Waals surface area contributed by atoms with E-state index >= 15 is 0 Å². The SMILES string of the molecule is COC.Cn1cc(-c2ccc3c(c2)CN(C2CCC(=O)NC2=O)C3=O)nc1C1CC1. The fraction of sp³-hybridized carbons (Fsp3) is 0.455. The van der Waals surface area contributed by atoms with Crippen molar-refractivity contribution in [2.75, 3.05) is 14.2 Å². The van der Waals surface area contributed by atoms with E-state index in [2.05, 4.69) is 14.6 Å². The maximum atomic E-state index is 12.8. The Hall–Kier alpha value is -3.00. The van der Waals surface area contributed by atoms with Crippen LogP contribution in [-0.4, -0.2) is 52.4 Å². The quantitative estimate of drug-likeness (QED) is 0.781. The van der Waals surface area contributed by atoms with Gasteiger partial charge in [0.2, 0.25) is 11.8 Å². The maximum Gasteiger partial charge on any atom is 0.255 e. The van der Waals surface area contributed by atoms with Crippen LogP contribution in [0.3, 0.4) is 0 Å². The van der Waals surface area contributed by atoms with Gasteiger partial charge in [-0.1, -0.05) is 6.07 Å². The van der Waals surface area contributed by atoms with Crippen molar-refractivity contribution >= 4 is 17.7 Å². The summed E-state index contributed by atoms with van der Waals surface area (Å²) in [5.41, 5.74) is 3.42. The van der Waals surface area contributed by atoms with Gasteiger partial charge in [-0.15, -0.1) is 0 Å². The summed E-state index contributed by atoms with van der Waals surface area (Å²) in [5.74, 6) is 0.885. The van der Waals surface area contributed by atoms with E-state index in [1.165, 1.54) is 12.8 Å². The van der Waals surface area contributed by atoms with Crippen molar-refractivity contribution in [1.29, 1.82) is 0 Å². The van der Waals surface area contributed by atoms with Gasteiger partial charge >= 0.3 is 0 Å². The molecule has 2 aliphatic heterocycles. The lowest BCUT2D eigenvalue weighted by Gasteiger charge is -2.29. The average molecular weight is 410 g/mol. The minimum atomic E-state index is -0.581. The highest BCUT2D eigenvalue weighted by Gasteiger charge is 2.39. The molecule has 5 rings (SSSR count). The number of ether oxygens (including phenoxy) is 1. The van der Waals surface area contributed by atoms with Crippen LogP contribution in [0.5, 0.6) is 0 Å². The Kier molecular flexibility index (Phi) is 5.42. The molecule has 2 fully saturated rings. The Morgan fingerprint density at radius 2 is 1.87 bits per heavy atom. The Labute approximate surface area is 175 Å². The lowest BCUT2D eigenvalue weighted by molar-refractivity contribution is -0.136. The van der Waals surface area contributed by atoms with E-state index in [9.17, 15) is 14.4 Å². The molecule has 30 heavy (non-hydrogen) atoms. The number of benzene rings is 1. The molecule has 0 radical (unpaired) electrons. The second-order valence-electron chi connectivity index (χ2n) is 8.05. The predicted molar refractivity (Wildman–Crippen MR) is 110 cm³/mol. The number of piperidine rings is 1. The van der Waals surface area contributed by atoms with Crippen LogP contribution in [0, 0.1) is 0 Å². The summed E-state index contributed by atoms with van der Waals surface area (Å²) in [4.78, 5) is 42.6. The summed E-state index contributed by atoms with van der Waals surface area (Å²) < 4.78 is 6.33. The van der Waals surface area contributed by atoms with Crippen molar-refractivity contribution < 1.29 is 19.1 Å². The van der Waals surface area contributed by atoms with Gasteiger partial charge in [0.05, 0.1) is 5.69 Å². The molecule has 2 aromatic rings. The molecule has 1 unspecified atom stereocenters. The summed E-state index contributed by atoms with van der Waals surface area (Å²) >= 11 is 0. The minimum absolute atomic E-state index is 0.147. The molecule has 1 aliphatic carbocycles. The van der Waals surface area contributed by atoms with Gasteiger partial charge in [-0.3, -0.25) is 19.7 Å². The van der Waals surface area contributed by atoms with Gasteiger partial charge in [-0.25, -0.2) is 4.98 Å². The molecule has 3 aliphatic rings. The van der Waals surface area contributed by atoms with Crippen LogP contribution in [0.2, 0.25) is 0 Å². The Balaban J connectivity index is 0.000000687. The number of imide groups is 1. The molecule has 8 nitrogen and oxygen atoms in total.